The minimum absolute atomic E-state index is 0.0686. The van der Waals surface area contributed by atoms with Crippen LogP contribution in [0.2, 0.25) is 0 Å². The molecule has 0 aliphatic heterocycles. The molecule has 0 aliphatic carbocycles. The minimum Gasteiger partial charge on any atom is -0.262 e. The maximum absolute atomic E-state index is 13.5. The number of halogens is 1. The molecule has 0 heterocycles. The van der Waals surface area contributed by atoms with Gasteiger partial charge in [0.1, 0.15) is 5.82 Å². The molecule has 0 fully saturated rings. The van der Waals surface area contributed by atoms with Crippen LogP contribution in [0.5, 0.6) is 0 Å². The van der Waals surface area contributed by atoms with E-state index in [1.807, 2.05) is 43.3 Å². The first kappa shape index (κ1) is 21.1. The van der Waals surface area contributed by atoms with Crippen molar-refractivity contribution < 1.29 is 12.8 Å². The van der Waals surface area contributed by atoms with Crippen LogP contribution in [0.25, 0.3) is 0 Å². The molecule has 0 N–H and O–H groups in total. The third kappa shape index (κ3) is 4.85. The highest BCUT2D eigenvalue weighted by Crippen LogP contribution is 2.28. The lowest BCUT2D eigenvalue weighted by Crippen LogP contribution is -2.30. The second-order valence-corrected chi connectivity index (χ2v) is 10.1. The van der Waals surface area contributed by atoms with E-state index in [-0.39, 0.29) is 16.9 Å². The fourth-order valence-electron chi connectivity index (χ4n) is 3.04. The molecule has 3 aromatic rings. The van der Waals surface area contributed by atoms with Gasteiger partial charge in [0.05, 0.1) is 17.1 Å². The number of nitrogens with zero attached hydrogens (tertiary/aromatic N) is 1. The third-order valence-electron chi connectivity index (χ3n) is 4.87. The summed E-state index contributed by atoms with van der Waals surface area (Å²) in [5, 5.41) is 0. The molecular formula is C24H26FNO2S. The standard InChI is InChI=1S/C24H26FNO2S/c1-18-5-7-19(8-6-18)17-26(22-13-11-21(25)12-14-22)29(27,28)23-15-9-20(10-16-23)24(2,3)4/h5-16H,17H2,1-4H3. The predicted octanol–water partition coefficient (Wildman–Crippen LogP) is 5.83. The van der Waals surface area contributed by atoms with E-state index in [4.69, 9.17) is 0 Å². The van der Waals surface area contributed by atoms with Crippen molar-refractivity contribution in [3.8, 4) is 0 Å². The summed E-state index contributed by atoms with van der Waals surface area (Å²) in [6, 6.07) is 20.2. The normalized spacial score (nSPS) is 12.0. The van der Waals surface area contributed by atoms with Gasteiger partial charge in [0.15, 0.2) is 0 Å². The van der Waals surface area contributed by atoms with E-state index < -0.39 is 15.8 Å². The number of anilines is 1. The van der Waals surface area contributed by atoms with Crippen molar-refractivity contribution in [1.82, 2.24) is 0 Å². The quantitative estimate of drug-likeness (QED) is 0.530. The second kappa shape index (κ2) is 7.99. The highest BCUT2D eigenvalue weighted by molar-refractivity contribution is 7.92. The highest BCUT2D eigenvalue weighted by atomic mass is 32.2. The Hall–Kier alpha value is -2.66. The summed E-state index contributed by atoms with van der Waals surface area (Å²) in [5.74, 6) is -0.407. The molecule has 0 bridgehead atoms. The van der Waals surface area contributed by atoms with Crippen LogP contribution < -0.4 is 4.31 Å². The van der Waals surface area contributed by atoms with Gasteiger partial charge in [-0.3, -0.25) is 4.31 Å². The SMILES string of the molecule is Cc1ccc(CN(c2ccc(F)cc2)S(=O)(=O)c2ccc(C(C)(C)C)cc2)cc1. The average molecular weight is 412 g/mol. The minimum atomic E-state index is -3.83. The molecule has 0 unspecified atom stereocenters. The van der Waals surface area contributed by atoms with Gasteiger partial charge in [0.25, 0.3) is 10.0 Å². The lowest BCUT2D eigenvalue weighted by atomic mass is 9.87. The lowest BCUT2D eigenvalue weighted by molar-refractivity contribution is 0.584. The lowest BCUT2D eigenvalue weighted by Gasteiger charge is -2.25. The van der Waals surface area contributed by atoms with Gasteiger partial charge in [-0.1, -0.05) is 62.7 Å². The topological polar surface area (TPSA) is 37.4 Å². The monoisotopic (exact) mass is 411 g/mol. The number of benzene rings is 3. The molecule has 152 valence electrons. The number of hydrogen-bond donors (Lipinski definition) is 0. The Balaban J connectivity index is 2.03. The van der Waals surface area contributed by atoms with E-state index in [1.165, 1.54) is 28.6 Å². The van der Waals surface area contributed by atoms with Gasteiger partial charge in [-0.05, 0) is 59.9 Å². The van der Waals surface area contributed by atoms with Crippen LogP contribution >= 0.6 is 0 Å². The van der Waals surface area contributed by atoms with Gasteiger partial charge in [-0.25, -0.2) is 12.8 Å². The Morgan fingerprint density at radius 3 is 1.90 bits per heavy atom. The second-order valence-electron chi connectivity index (χ2n) is 8.25. The van der Waals surface area contributed by atoms with E-state index in [0.29, 0.717) is 5.69 Å². The summed E-state index contributed by atoms with van der Waals surface area (Å²) in [4.78, 5) is 0.210. The first-order valence-electron chi connectivity index (χ1n) is 9.52. The number of rotatable bonds is 5. The van der Waals surface area contributed by atoms with Crippen molar-refractivity contribution in [2.75, 3.05) is 4.31 Å². The zero-order valence-corrected chi connectivity index (χ0v) is 18.0. The van der Waals surface area contributed by atoms with Gasteiger partial charge in [-0.2, -0.15) is 0 Å². The maximum atomic E-state index is 13.5. The van der Waals surface area contributed by atoms with Gasteiger partial charge in [0.2, 0.25) is 0 Å². The van der Waals surface area contributed by atoms with Gasteiger partial charge >= 0.3 is 0 Å². The van der Waals surface area contributed by atoms with Crippen molar-refractivity contribution in [1.29, 1.82) is 0 Å². The van der Waals surface area contributed by atoms with Crippen LogP contribution in [0.3, 0.4) is 0 Å². The van der Waals surface area contributed by atoms with E-state index in [9.17, 15) is 12.8 Å². The van der Waals surface area contributed by atoms with E-state index >= 15 is 0 Å². The molecule has 3 rings (SSSR count). The molecule has 0 saturated heterocycles. The van der Waals surface area contributed by atoms with Crippen molar-refractivity contribution in [2.24, 2.45) is 0 Å². The summed E-state index contributed by atoms with van der Waals surface area (Å²) in [6.45, 7) is 8.39. The Bertz CT molecular complexity index is 1070. The Kier molecular flexibility index (Phi) is 5.80. The molecule has 3 nitrogen and oxygen atoms in total. The molecule has 5 heteroatoms. The average Bonchev–Trinajstić information content (AvgIpc) is 2.68. The fourth-order valence-corrected chi connectivity index (χ4v) is 4.49. The van der Waals surface area contributed by atoms with E-state index in [2.05, 4.69) is 20.8 Å². The molecule has 0 spiro atoms. The number of sulfonamides is 1. The van der Waals surface area contributed by atoms with Crippen molar-refractivity contribution in [3.05, 3.63) is 95.3 Å². The summed E-state index contributed by atoms with van der Waals surface area (Å²) in [7, 11) is -3.83. The van der Waals surface area contributed by atoms with Crippen LogP contribution in [-0.4, -0.2) is 8.42 Å². The zero-order chi connectivity index (χ0) is 21.2. The summed E-state index contributed by atoms with van der Waals surface area (Å²) in [5.41, 5.74) is 3.37. The van der Waals surface area contributed by atoms with E-state index in [1.54, 1.807) is 12.1 Å². The highest BCUT2D eigenvalue weighted by Gasteiger charge is 2.26. The predicted molar refractivity (Wildman–Crippen MR) is 116 cm³/mol. The van der Waals surface area contributed by atoms with Gasteiger partial charge in [-0.15, -0.1) is 0 Å². The molecule has 3 aromatic carbocycles. The third-order valence-corrected chi connectivity index (χ3v) is 6.66. The van der Waals surface area contributed by atoms with Gasteiger partial charge in [0, 0.05) is 0 Å². The van der Waals surface area contributed by atoms with Gasteiger partial charge < -0.3 is 0 Å². The van der Waals surface area contributed by atoms with E-state index in [0.717, 1.165) is 16.7 Å². The van der Waals surface area contributed by atoms with Crippen LogP contribution in [0, 0.1) is 12.7 Å². The summed E-state index contributed by atoms with van der Waals surface area (Å²) >= 11 is 0. The largest absolute Gasteiger partial charge is 0.264 e. The first-order valence-corrected chi connectivity index (χ1v) is 11.0. The zero-order valence-electron chi connectivity index (χ0n) is 17.2. The van der Waals surface area contributed by atoms with Crippen molar-refractivity contribution in [3.63, 3.8) is 0 Å². The van der Waals surface area contributed by atoms with Crippen molar-refractivity contribution >= 4 is 15.7 Å². The molecule has 0 atom stereocenters. The molecule has 0 radical (unpaired) electrons. The summed E-state index contributed by atoms with van der Waals surface area (Å²) < 4.78 is 41.7. The van der Waals surface area contributed by atoms with Crippen LogP contribution in [0.15, 0.2) is 77.7 Å². The molecular weight excluding hydrogens is 385 g/mol. The first-order chi connectivity index (χ1) is 13.6. The molecule has 0 aliphatic rings. The smallest absolute Gasteiger partial charge is 0.262 e. The number of hydrogen-bond acceptors (Lipinski definition) is 2. The molecule has 29 heavy (non-hydrogen) atoms. The van der Waals surface area contributed by atoms with Crippen LogP contribution in [-0.2, 0) is 22.0 Å². The fraction of sp³-hybridized carbons (Fsp3) is 0.250. The number of aryl methyl sites for hydroxylation is 1. The summed E-state index contributed by atoms with van der Waals surface area (Å²) in [6.07, 6.45) is 0. The Morgan fingerprint density at radius 2 is 1.38 bits per heavy atom. The van der Waals surface area contributed by atoms with Crippen LogP contribution in [0.4, 0.5) is 10.1 Å². The van der Waals surface area contributed by atoms with Crippen LogP contribution in [0.1, 0.15) is 37.5 Å². The molecule has 0 saturated carbocycles. The van der Waals surface area contributed by atoms with Crippen molar-refractivity contribution in [2.45, 2.75) is 44.6 Å². The molecule has 0 aromatic heterocycles. The maximum Gasteiger partial charge on any atom is 0.264 e. The Morgan fingerprint density at radius 1 is 0.828 bits per heavy atom. The Labute approximate surface area is 172 Å². The molecule has 0 amide bonds.